The molecule has 0 atom stereocenters. The monoisotopic (exact) mass is 275 g/mol. The average molecular weight is 276 g/mol. The maximum atomic E-state index is 12.1. The second-order valence-electron chi connectivity index (χ2n) is 3.95. The number of rotatable bonds is 3. The second-order valence-corrected chi connectivity index (χ2v) is 6.35. The van der Waals surface area contributed by atoms with Crippen LogP contribution in [0.2, 0.25) is 5.02 Å². The Morgan fingerprint density at radius 2 is 2.00 bits per heavy atom. The van der Waals surface area contributed by atoms with Crippen LogP contribution in [0, 0.1) is 0 Å². The molecule has 0 bridgehead atoms. The van der Waals surface area contributed by atoms with Crippen LogP contribution in [0.15, 0.2) is 24.3 Å². The van der Waals surface area contributed by atoms with E-state index in [2.05, 4.69) is 0 Å². The van der Waals surface area contributed by atoms with Gasteiger partial charge in [0.15, 0.2) is 0 Å². The normalized spacial score (nSPS) is 18.2. The molecule has 1 heterocycles. The van der Waals surface area contributed by atoms with Crippen molar-refractivity contribution in [1.29, 1.82) is 0 Å². The van der Waals surface area contributed by atoms with Crippen molar-refractivity contribution in [2.75, 3.05) is 19.9 Å². The van der Waals surface area contributed by atoms with E-state index < -0.39 is 10.0 Å². The van der Waals surface area contributed by atoms with Crippen molar-refractivity contribution in [2.24, 2.45) is 0 Å². The summed E-state index contributed by atoms with van der Waals surface area (Å²) in [5, 5.41) is 0.604. The van der Waals surface area contributed by atoms with Gasteiger partial charge >= 0.3 is 0 Å². The Hall–Kier alpha value is -0.620. The summed E-state index contributed by atoms with van der Waals surface area (Å²) in [6.07, 6.45) is 0.750. The van der Waals surface area contributed by atoms with E-state index in [9.17, 15) is 8.42 Å². The van der Waals surface area contributed by atoms with Gasteiger partial charge in [-0.1, -0.05) is 23.7 Å². The van der Waals surface area contributed by atoms with Crippen LogP contribution >= 0.6 is 11.6 Å². The summed E-state index contributed by atoms with van der Waals surface area (Å²) in [5.74, 6) is -0.00642. The zero-order valence-electron chi connectivity index (χ0n) is 9.30. The highest BCUT2D eigenvalue weighted by Crippen LogP contribution is 2.16. The van der Waals surface area contributed by atoms with Gasteiger partial charge in [-0.05, 0) is 24.1 Å². The van der Waals surface area contributed by atoms with Crippen LogP contribution in [-0.2, 0) is 20.5 Å². The van der Waals surface area contributed by atoms with Crippen molar-refractivity contribution in [3.05, 3.63) is 34.9 Å². The molecule has 1 saturated heterocycles. The minimum atomic E-state index is -3.28. The first-order chi connectivity index (χ1) is 8.08. The molecule has 1 aliphatic rings. The first-order valence-electron chi connectivity index (χ1n) is 5.38. The van der Waals surface area contributed by atoms with Crippen LogP contribution < -0.4 is 0 Å². The van der Waals surface area contributed by atoms with E-state index in [1.807, 2.05) is 0 Å². The van der Waals surface area contributed by atoms with Crippen molar-refractivity contribution in [2.45, 2.75) is 12.2 Å². The van der Waals surface area contributed by atoms with E-state index in [4.69, 9.17) is 16.3 Å². The van der Waals surface area contributed by atoms with Crippen LogP contribution in [0.1, 0.15) is 12.0 Å². The van der Waals surface area contributed by atoms with E-state index in [0.717, 1.165) is 12.0 Å². The molecular weight excluding hydrogens is 262 g/mol. The molecule has 0 radical (unpaired) electrons. The first-order valence-corrected chi connectivity index (χ1v) is 7.37. The summed E-state index contributed by atoms with van der Waals surface area (Å²) in [5.41, 5.74) is 0.736. The molecule has 1 fully saturated rings. The van der Waals surface area contributed by atoms with Gasteiger partial charge in [0.05, 0.1) is 5.75 Å². The Labute approximate surface area is 106 Å². The maximum Gasteiger partial charge on any atom is 0.220 e. The molecule has 1 aromatic carbocycles. The lowest BCUT2D eigenvalue weighted by atomic mass is 10.2. The van der Waals surface area contributed by atoms with Crippen LogP contribution in [0.25, 0.3) is 0 Å². The zero-order valence-corrected chi connectivity index (χ0v) is 10.9. The average Bonchev–Trinajstić information content (AvgIpc) is 2.33. The smallest absolute Gasteiger partial charge is 0.220 e. The fraction of sp³-hybridized carbons (Fsp3) is 0.455. The Morgan fingerprint density at radius 1 is 1.29 bits per heavy atom. The number of hydrogen-bond acceptors (Lipinski definition) is 3. The number of halogens is 1. The van der Waals surface area contributed by atoms with Crippen LogP contribution in [0.4, 0.5) is 0 Å². The van der Waals surface area contributed by atoms with Gasteiger partial charge in [0.1, 0.15) is 6.73 Å². The first kappa shape index (κ1) is 12.8. The molecule has 0 aromatic heterocycles. The number of benzene rings is 1. The summed E-state index contributed by atoms with van der Waals surface area (Å²) in [7, 11) is -3.28. The Morgan fingerprint density at radius 3 is 2.59 bits per heavy atom. The molecule has 17 heavy (non-hydrogen) atoms. The lowest BCUT2D eigenvalue weighted by Gasteiger charge is -2.25. The van der Waals surface area contributed by atoms with Gasteiger partial charge in [0.25, 0.3) is 0 Å². The van der Waals surface area contributed by atoms with E-state index in [-0.39, 0.29) is 12.5 Å². The fourth-order valence-corrected chi connectivity index (χ4v) is 3.24. The second kappa shape index (κ2) is 5.35. The third-order valence-corrected chi connectivity index (χ3v) is 4.61. The molecule has 0 spiro atoms. The lowest BCUT2D eigenvalue weighted by molar-refractivity contribution is 0.0312. The predicted molar refractivity (Wildman–Crippen MR) is 66.2 cm³/mol. The predicted octanol–water partition coefficient (Wildman–Crippen LogP) is 1.85. The third kappa shape index (κ3) is 3.42. The number of hydrogen-bond donors (Lipinski definition) is 0. The molecular formula is C11H14ClNO3S. The van der Waals surface area contributed by atoms with Gasteiger partial charge in [-0.25, -0.2) is 8.42 Å². The van der Waals surface area contributed by atoms with Crippen molar-refractivity contribution >= 4 is 21.6 Å². The number of ether oxygens (including phenoxy) is 1. The van der Waals surface area contributed by atoms with Gasteiger partial charge in [-0.15, -0.1) is 0 Å². The minimum absolute atomic E-state index is 0.00642. The molecule has 0 aliphatic carbocycles. The number of nitrogens with zero attached hydrogens (tertiary/aromatic N) is 1. The quantitative estimate of drug-likeness (QED) is 0.846. The topological polar surface area (TPSA) is 46.6 Å². The maximum absolute atomic E-state index is 12.1. The highest BCUT2D eigenvalue weighted by Gasteiger charge is 2.24. The van der Waals surface area contributed by atoms with Gasteiger partial charge in [-0.3, -0.25) is 0 Å². The minimum Gasteiger partial charge on any atom is -0.365 e. The molecule has 0 unspecified atom stereocenters. The lowest BCUT2D eigenvalue weighted by Crippen LogP contribution is -2.38. The standard InChI is InChI=1S/C11H14ClNO3S/c12-11-4-2-10(3-5-11)8-17(14,15)13-6-1-7-16-9-13/h2-5H,1,6-9H2. The summed E-state index contributed by atoms with van der Waals surface area (Å²) >= 11 is 5.75. The highest BCUT2D eigenvalue weighted by molar-refractivity contribution is 7.88. The molecule has 0 N–H and O–H groups in total. The highest BCUT2D eigenvalue weighted by atomic mass is 35.5. The van der Waals surface area contributed by atoms with E-state index in [1.54, 1.807) is 24.3 Å². The van der Waals surface area contributed by atoms with Crippen molar-refractivity contribution in [3.8, 4) is 0 Å². The molecule has 4 nitrogen and oxygen atoms in total. The molecule has 2 rings (SSSR count). The Bertz CT molecular complexity index is 466. The molecule has 0 amide bonds. The van der Waals surface area contributed by atoms with E-state index >= 15 is 0 Å². The summed E-state index contributed by atoms with van der Waals surface area (Å²) in [6, 6.07) is 6.84. The van der Waals surface area contributed by atoms with Crippen LogP contribution in [-0.4, -0.2) is 32.6 Å². The third-order valence-electron chi connectivity index (χ3n) is 2.59. The molecule has 0 saturated carbocycles. The number of sulfonamides is 1. The van der Waals surface area contributed by atoms with Crippen LogP contribution in [0.5, 0.6) is 0 Å². The van der Waals surface area contributed by atoms with Crippen molar-refractivity contribution in [3.63, 3.8) is 0 Å². The Kier molecular flexibility index (Phi) is 4.04. The van der Waals surface area contributed by atoms with Crippen molar-refractivity contribution in [1.82, 2.24) is 4.31 Å². The molecule has 1 aromatic rings. The molecule has 6 heteroatoms. The largest absolute Gasteiger partial charge is 0.365 e. The summed E-state index contributed by atoms with van der Waals surface area (Å²) in [6.45, 7) is 1.33. The van der Waals surface area contributed by atoms with E-state index in [0.29, 0.717) is 18.2 Å². The summed E-state index contributed by atoms with van der Waals surface area (Å²) in [4.78, 5) is 0. The zero-order chi connectivity index (χ0) is 12.3. The van der Waals surface area contributed by atoms with E-state index in [1.165, 1.54) is 4.31 Å². The SMILES string of the molecule is O=S(=O)(Cc1ccc(Cl)cc1)N1CCCOC1. The Balaban J connectivity index is 2.08. The van der Waals surface area contributed by atoms with Gasteiger partial charge in [-0.2, -0.15) is 4.31 Å². The van der Waals surface area contributed by atoms with Gasteiger partial charge < -0.3 is 4.74 Å². The van der Waals surface area contributed by atoms with Crippen molar-refractivity contribution < 1.29 is 13.2 Å². The van der Waals surface area contributed by atoms with Gasteiger partial charge in [0.2, 0.25) is 10.0 Å². The molecule has 1 aliphatic heterocycles. The molecule has 94 valence electrons. The fourth-order valence-electron chi connectivity index (χ4n) is 1.68. The van der Waals surface area contributed by atoms with Gasteiger partial charge in [0, 0.05) is 18.2 Å². The summed E-state index contributed by atoms with van der Waals surface area (Å²) < 4.78 is 30.6. The van der Waals surface area contributed by atoms with Crippen LogP contribution in [0.3, 0.4) is 0 Å².